The lowest BCUT2D eigenvalue weighted by atomic mass is 9.90. The van der Waals surface area contributed by atoms with Crippen molar-refractivity contribution in [1.29, 1.82) is 0 Å². The minimum atomic E-state index is -4.69. The molecule has 2 unspecified atom stereocenters. The van der Waals surface area contributed by atoms with E-state index in [1.54, 1.807) is 13.8 Å². The van der Waals surface area contributed by atoms with Gasteiger partial charge in [0.1, 0.15) is 11.7 Å². The molecule has 0 aromatic heterocycles. The summed E-state index contributed by atoms with van der Waals surface area (Å²) in [5, 5.41) is 9.09. The lowest BCUT2D eigenvalue weighted by Crippen LogP contribution is -2.65. The number of alkyl halides is 3. The van der Waals surface area contributed by atoms with Crippen molar-refractivity contribution >= 4 is 23.3 Å². The van der Waals surface area contributed by atoms with Crippen LogP contribution in [-0.2, 0) is 20.6 Å². The Morgan fingerprint density at radius 2 is 1.80 bits per heavy atom. The van der Waals surface area contributed by atoms with Crippen LogP contribution in [0, 0.1) is 11.8 Å². The minimum Gasteiger partial charge on any atom is -0.477 e. The topological polar surface area (TPSA) is 97.5 Å². The first-order chi connectivity index (χ1) is 11.3. The summed E-state index contributed by atoms with van der Waals surface area (Å²) < 4.78 is 37.4. The second-order valence-electron chi connectivity index (χ2n) is 6.14. The van der Waals surface area contributed by atoms with Gasteiger partial charge in [0.25, 0.3) is 0 Å². The lowest BCUT2D eigenvalue weighted by Gasteiger charge is -2.32. The predicted molar refractivity (Wildman–Crippen MR) is 83.9 cm³/mol. The van der Waals surface area contributed by atoms with E-state index in [2.05, 4.69) is 0 Å². The van der Waals surface area contributed by atoms with Crippen molar-refractivity contribution in [2.75, 3.05) is 6.54 Å². The number of carboxylic acids is 1. The van der Waals surface area contributed by atoms with Gasteiger partial charge in [0.15, 0.2) is 5.69 Å². The molecule has 0 aliphatic heterocycles. The molecular weight excluding hydrogens is 341 g/mol. The van der Waals surface area contributed by atoms with Crippen LogP contribution in [0.4, 0.5) is 18.9 Å². The van der Waals surface area contributed by atoms with Crippen LogP contribution < -0.4 is 10.4 Å². The van der Waals surface area contributed by atoms with Gasteiger partial charge < -0.3 is 5.11 Å². The predicted octanol–water partition coefficient (Wildman–Crippen LogP) is 2.36. The molecule has 6 nitrogen and oxygen atoms in total. The SMILES string of the molecule is CC(=O)C(C(=O)[N+](N)(CC(=O)O)c1cccc(C(F)(F)F)c1)C(C)C. The molecule has 0 aliphatic rings. The van der Waals surface area contributed by atoms with Crippen molar-refractivity contribution in [3.05, 3.63) is 29.8 Å². The van der Waals surface area contributed by atoms with Gasteiger partial charge >= 0.3 is 18.1 Å². The van der Waals surface area contributed by atoms with Crippen molar-refractivity contribution < 1.29 is 32.7 Å². The normalized spacial score (nSPS) is 15.5. The number of hydrogen-bond acceptors (Lipinski definition) is 4. The highest BCUT2D eigenvalue weighted by Gasteiger charge is 2.47. The fourth-order valence-corrected chi connectivity index (χ4v) is 2.62. The van der Waals surface area contributed by atoms with Gasteiger partial charge in [-0.1, -0.05) is 19.9 Å². The molecule has 138 valence electrons. The van der Waals surface area contributed by atoms with Crippen molar-refractivity contribution in [2.24, 2.45) is 17.7 Å². The summed E-state index contributed by atoms with van der Waals surface area (Å²) in [6.45, 7) is 3.30. The number of halogens is 3. The first kappa shape index (κ1) is 20.8. The second-order valence-corrected chi connectivity index (χ2v) is 6.14. The Morgan fingerprint density at radius 1 is 1.24 bits per heavy atom. The molecule has 9 heteroatoms. The van der Waals surface area contributed by atoms with Crippen LogP contribution in [0.2, 0.25) is 0 Å². The van der Waals surface area contributed by atoms with Gasteiger partial charge in [-0.25, -0.2) is 9.59 Å². The molecule has 0 bridgehead atoms. The van der Waals surface area contributed by atoms with E-state index in [9.17, 15) is 27.6 Å². The van der Waals surface area contributed by atoms with Gasteiger partial charge in [-0.15, -0.1) is 4.59 Å². The molecular formula is C16H20F3N2O4+. The Bertz CT molecular complexity index is 688. The monoisotopic (exact) mass is 361 g/mol. The van der Waals surface area contributed by atoms with Crippen LogP contribution in [0.3, 0.4) is 0 Å². The summed E-state index contributed by atoms with van der Waals surface area (Å²) in [4.78, 5) is 35.8. The molecule has 1 rings (SSSR count). The van der Waals surface area contributed by atoms with E-state index in [1.165, 1.54) is 0 Å². The lowest BCUT2D eigenvalue weighted by molar-refractivity contribution is -0.149. The van der Waals surface area contributed by atoms with Crippen LogP contribution in [-0.4, -0.2) is 29.3 Å². The summed E-state index contributed by atoms with van der Waals surface area (Å²) in [6, 6.07) is 3.57. The van der Waals surface area contributed by atoms with Gasteiger partial charge in [0.2, 0.25) is 6.54 Å². The molecule has 0 saturated heterocycles. The number of amides is 1. The molecule has 0 spiro atoms. The van der Waals surface area contributed by atoms with E-state index in [-0.39, 0.29) is 5.69 Å². The van der Waals surface area contributed by atoms with E-state index in [0.29, 0.717) is 6.07 Å². The third-order valence-electron chi connectivity index (χ3n) is 3.78. The number of rotatable bonds is 6. The van der Waals surface area contributed by atoms with E-state index in [0.717, 1.165) is 25.1 Å². The smallest absolute Gasteiger partial charge is 0.416 e. The molecule has 0 fully saturated rings. The molecule has 1 aromatic rings. The summed E-state index contributed by atoms with van der Waals surface area (Å²) in [6.07, 6.45) is -4.69. The van der Waals surface area contributed by atoms with Crippen molar-refractivity contribution in [3.8, 4) is 0 Å². The maximum Gasteiger partial charge on any atom is 0.416 e. The Morgan fingerprint density at radius 3 is 2.20 bits per heavy atom. The number of Topliss-reactive ketones (excluding diaryl/α,β-unsaturated/α-hetero) is 1. The average Bonchev–Trinajstić information content (AvgIpc) is 2.44. The first-order valence-corrected chi connectivity index (χ1v) is 7.41. The number of carboxylic acid groups (broad SMARTS) is 1. The molecule has 3 N–H and O–H groups in total. The number of carbonyl (C=O) groups excluding carboxylic acids is 2. The van der Waals surface area contributed by atoms with Gasteiger partial charge in [-0.2, -0.15) is 19.0 Å². The number of carbonyl (C=O) groups is 3. The van der Waals surface area contributed by atoms with Crippen LogP contribution in [0.1, 0.15) is 26.3 Å². The number of quaternary nitrogens is 1. The maximum absolute atomic E-state index is 12.9. The standard InChI is InChI=1S/C16H19F3N2O4/c1-9(2)14(10(3)22)15(25)21(20,8-13(23)24)12-6-4-5-11(7-12)16(17,18)19/h4-7,9,14H,8,20H2,1-3H3/p+1. The summed E-state index contributed by atoms with van der Waals surface area (Å²) in [5.41, 5.74) is -1.42. The van der Waals surface area contributed by atoms with Gasteiger partial charge in [-0.05, 0) is 18.9 Å². The quantitative estimate of drug-likeness (QED) is 0.267. The highest BCUT2D eigenvalue weighted by Crippen LogP contribution is 2.33. The van der Waals surface area contributed by atoms with Crippen LogP contribution in [0.15, 0.2) is 24.3 Å². The first-order valence-electron chi connectivity index (χ1n) is 7.41. The summed E-state index contributed by atoms with van der Waals surface area (Å²) in [7, 11) is 0. The number of ketones is 1. The number of benzene rings is 1. The zero-order valence-corrected chi connectivity index (χ0v) is 14.0. The van der Waals surface area contributed by atoms with E-state index in [1.807, 2.05) is 0 Å². The molecule has 0 heterocycles. The van der Waals surface area contributed by atoms with Crippen molar-refractivity contribution in [3.63, 3.8) is 0 Å². The largest absolute Gasteiger partial charge is 0.477 e. The number of nitrogens with zero attached hydrogens (tertiary/aromatic N) is 1. The van der Waals surface area contributed by atoms with Gasteiger partial charge in [-0.3, -0.25) is 4.79 Å². The Hall–Kier alpha value is -2.26. The molecule has 0 aliphatic carbocycles. The molecule has 25 heavy (non-hydrogen) atoms. The fraction of sp³-hybridized carbons (Fsp3) is 0.438. The highest BCUT2D eigenvalue weighted by atomic mass is 19.4. The van der Waals surface area contributed by atoms with Gasteiger partial charge in [0, 0.05) is 12.1 Å². The van der Waals surface area contributed by atoms with E-state index >= 15 is 0 Å². The summed E-state index contributed by atoms with van der Waals surface area (Å²) >= 11 is 0. The van der Waals surface area contributed by atoms with Crippen LogP contribution in [0.5, 0.6) is 0 Å². The Kier molecular flexibility index (Phi) is 6.09. The van der Waals surface area contributed by atoms with Gasteiger partial charge in [0.05, 0.1) is 5.56 Å². The molecule has 0 radical (unpaired) electrons. The van der Waals surface area contributed by atoms with E-state index < -0.39 is 52.4 Å². The molecule has 2 atom stereocenters. The average molecular weight is 361 g/mol. The fourth-order valence-electron chi connectivity index (χ4n) is 2.62. The maximum atomic E-state index is 12.9. The summed E-state index contributed by atoms with van der Waals surface area (Å²) in [5.74, 6) is 1.22. The zero-order chi connectivity index (χ0) is 19.6. The molecule has 1 amide bonds. The highest BCUT2D eigenvalue weighted by molar-refractivity contribution is 6.06. The van der Waals surface area contributed by atoms with E-state index in [4.69, 9.17) is 10.9 Å². The number of hydrogen-bond donors (Lipinski definition) is 2. The van der Waals surface area contributed by atoms with Crippen LogP contribution in [0.25, 0.3) is 0 Å². The van der Waals surface area contributed by atoms with Crippen molar-refractivity contribution in [1.82, 2.24) is 4.59 Å². The number of nitrogens with two attached hydrogens (primary N) is 1. The second kappa shape index (κ2) is 7.32. The third kappa shape index (κ3) is 4.64. The van der Waals surface area contributed by atoms with Crippen LogP contribution >= 0.6 is 0 Å². The zero-order valence-electron chi connectivity index (χ0n) is 14.0. The minimum absolute atomic E-state index is 0.353. The molecule has 1 aromatic carbocycles. The molecule has 0 saturated carbocycles. The number of aliphatic carboxylic acids is 1. The third-order valence-corrected chi connectivity index (χ3v) is 3.78. The Balaban J connectivity index is 3.53. The van der Waals surface area contributed by atoms with Crippen molar-refractivity contribution in [2.45, 2.75) is 26.9 Å². The Labute approximate surface area is 142 Å².